The second-order valence-corrected chi connectivity index (χ2v) is 10.7. The van der Waals surface area contributed by atoms with Crippen molar-refractivity contribution in [3.05, 3.63) is 59.7 Å². The van der Waals surface area contributed by atoms with Gasteiger partial charge in [-0.15, -0.1) is 0 Å². The molecular weight excluding hydrogens is 472 g/mol. The fourth-order valence-electron chi connectivity index (χ4n) is 4.91. The normalized spacial score (nSPS) is 19.9. The van der Waals surface area contributed by atoms with Gasteiger partial charge in [0.1, 0.15) is 12.2 Å². The monoisotopic (exact) mass is 510 g/mol. The van der Waals surface area contributed by atoms with Crippen molar-refractivity contribution in [3.63, 3.8) is 0 Å². The fraction of sp³-hybridized carbons (Fsp3) is 0.517. The Morgan fingerprint density at radius 3 is 2.41 bits per heavy atom. The summed E-state index contributed by atoms with van der Waals surface area (Å²) in [6, 6.07) is 15.0. The van der Waals surface area contributed by atoms with Crippen molar-refractivity contribution in [2.24, 2.45) is 0 Å². The van der Waals surface area contributed by atoms with E-state index in [1.807, 2.05) is 69.3 Å². The highest BCUT2D eigenvalue weighted by Crippen LogP contribution is 2.37. The van der Waals surface area contributed by atoms with Gasteiger partial charge in [-0.1, -0.05) is 36.4 Å². The lowest BCUT2D eigenvalue weighted by Crippen LogP contribution is -2.43. The summed E-state index contributed by atoms with van der Waals surface area (Å²) in [7, 11) is 1.63. The molecule has 1 aliphatic carbocycles. The molecule has 37 heavy (non-hydrogen) atoms. The average molecular weight is 511 g/mol. The molecule has 8 nitrogen and oxygen atoms in total. The van der Waals surface area contributed by atoms with Gasteiger partial charge in [-0.3, -0.25) is 0 Å². The highest BCUT2D eigenvalue weighted by Gasteiger charge is 2.39. The molecule has 4 rings (SSSR count). The van der Waals surface area contributed by atoms with Crippen LogP contribution >= 0.6 is 0 Å². The molecule has 8 heteroatoms. The maximum Gasteiger partial charge on any atom is 0.410 e. The number of alkyl carbamates (subject to hydrolysis) is 1. The van der Waals surface area contributed by atoms with E-state index in [-0.39, 0.29) is 24.7 Å². The van der Waals surface area contributed by atoms with Gasteiger partial charge in [-0.25, -0.2) is 9.59 Å². The molecule has 2 amide bonds. The topological polar surface area (TPSA) is 86.3 Å². The van der Waals surface area contributed by atoms with Gasteiger partial charge in [0, 0.05) is 19.0 Å². The van der Waals surface area contributed by atoms with E-state index in [9.17, 15) is 9.59 Å². The molecule has 1 aliphatic heterocycles. The first-order valence-corrected chi connectivity index (χ1v) is 13.0. The van der Waals surface area contributed by atoms with Gasteiger partial charge < -0.3 is 29.2 Å². The van der Waals surface area contributed by atoms with Crippen LogP contribution in [0.1, 0.15) is 63.5 Å². The van der Waals surface area contributed by atoms with Crippen molar-refractivity contribution in [2.45, 2.75) is 76.7 Å². The minimum atomic E-state index is -0.630. The number of likely N-dealkylation sites (tertiary alicyclic amines) is 1. The Bertz CT molecular complexity index is 1060. The van der Waals surface area contributed by atoms with E-state index in [1.54, 1.807) is 12.0 Å². The Labute approximate surface area is 219 Å². The summed E-state index contributed by atoms with van der Waals surface area (Å²) in [6.07, 6.45) is 3.62. The number of carbonyl (C=O) groups excluding carboxylic acids is 2. The second kappa shape index (κ2) is 11.8. The van der Waals surface area contributed by atoms with Crippen LogP contribution in [0.4, 0.5) is 9.59 Å². The lowest BCUT2D eigenvalue weighted by atomic mass is 9.94. The SMILES string of the molecule is COc1ccc([C@@H]2CN(C(=O)OCc3ccccc3)C[C@H]2NC(=O)OC(C)(C)C)cc1OC1CCCC1. The van der Waals surface area contributed by atoms with Crippen molar-refractivity contribution in [1.82, 2.24) is 10.2 Å². The molecule has 0 spiro atoms. The van der Waals surface area contributed by atoms with Crippen LogP contribution in [0.15, 0.2) is 48.5 Å². The zero-order chi connectivity index (χ0) is 26.4. The molecule has 1 saturated heterocycles. The Morgan fingerprint density at radius 1 is 1.00 bits per heavy atom. The van der Waals surface area contributed by atoms with Crippen LogP contribution in [-0.2, 0) is 16.1 Å². The summed E-state index contributed by atoms with van der Waals surface area (Å²) < 4.78 is 22.9. The van der Waals surface area contributed by atoms with Crippen LogP contribution in [0, 0.1) is 0 Å². The summed E-state index contributed by atoms with van der Waals surface area (Å²) in [5.74, 6) is 1.19. The van der Waals surface area contributed by atoms with Gasteiger partial charge in [0.15, 0.2) is 11.5 Å². The standard InChI is InChI=1S/C29H38N2O6/c1-29(2,3)37-27(32)30-24-18-31(28(33)35-19-20-10-6-5-7-11-20)17-23(24)21-14-15-25(34-4)26(16-21)36-22-12-8-9-13-22/h5-7,10-11,14-16,22-24H,8-9,12-13,17-19H2,1-4H3,(H,30,32)/t23-,24+/m0/s1. The van der Waals surface area contributed by atoms with E-state index in [0.717, 1.165) is 36.8 Å². The highest BCUT2D eigenvalue weighted by atomic mass is 16.6. The molecule has 2 aromatic carbocycles. The average Bonchev–Trinajstić information content (AvgIpc) is 3.52. The van der Waals surface area contributed by atoms with Crippen molar-refractivity contribution in [3.8, 4) is 11.5 Å². The number of nitrogens with one attached hydrogen (secondary N) is 1. The van der Waals surface area contributed by atoms with Crippen molar-refractivity contribution in [1.29, 1.82) is 0 Å². The lowest BCUT2D eigenvalue weighted by Gasteiger charge is -2.25. The zero-order valence-corrected chi connectivity index (χ0v) is 22.2. The van der Waals surface area contributed by atoms with Crippen LogP contribution in [0.25, 0.3) is 0 Å². The van der Waals surface area contributed by atoms with Gasteiger partial charge >= 0.3 is 12.2 Å². The third kappa shape index (κ3) is 7.31. The zero-order valence-electron chi connectivity index (χ0n) is 22.2. The van der Waals surface area contributed by atoms with Gasteiger partial charge in [0.2, 0.25) is 0 Å². The third-order valence-corrected chi connectivity index (χ3v) is 6.70. The number of methoxy groups -OCH3 is 1. The smallest absolute Gasteiger partial charge is 0.410 e. The summed E-state index contributed by atoms with van der Waals surface area (Å²) in [5, 5.41) is 2.98. The van der Waals surface area contributed by atoms with E-state index in [2.05, 4.69) is 5.32 Å². The minimum Gasteiger partial charge on any atom is -0.493 e. The fourth-order valence-corrected chi connectivity index (χ4v) is 4.91. The van der Waals surface area contributed by atoms with Crippen LogP contribution < -0.4 is 14.8 Å². The first-order chi connectivity index (χ1) is 17.7. The van der Waals surface area contributed by atoms with Gasteiger partial charge in [0.05, 0.1) is 19.3 Å². The lowest BCUT2D eigenvalue weighted by molar-refractivity contribution is 0.0499. The largest absolute Gasteiger partial charge is 0.493 e. The molecule has 1 N–H and O–H groups in total. The number of hydrogen-bond donors (Lipinski definition) is 1. The molecule has 2 aromatic rings. The predicted molar refractivity (Wildman–Crippen MR) is 140 cm³/mol. The maximum atomic E-state index is 13.0. The summed E-state index contributed by atoms with van der Waals surface area (Å²) in [6.45, 7) is 6.35. The Kier molecular flexibility index (Phi) is 8.46. The van der Waals surface area contributed by atoms with E-state index in [4.69, 9.17) is 18.9 Å². The first kappa shape index (κ1) is 26.6. The number of ether oxygens (including phenoxy) is 4. The van der Waals surface area contributed by atoms with E-state index < -0.39 is 17.8 Å². The summed E-state index contributed by atoms with van der Waals surface area (Å²) >= 11 is 0. The molecular formula is C29H38N2O6. The maximum absolute atomic E-state index is 13.0. The van der Waals surface area contributed by atoms with Gasteiger partial charge in [-0.05, 0) is 69.7 Å². The predicted octanol–water partition coefficient (Wildman–Crippen LogP) is 5.65. The molecule has 1 saturated carbocycles. The van der Waals surface area contributed by atoms with Gasteiger partial charge in [-0.2, -0.15) is 0 Å². The number of nitrogens with zero attached hydrogens (tertiary/aromatic N) is 1. The molecule has 2 aliphatic rings. The number of hydrogen-bond acceptors (Lipinski definition) is 6. The minimum absolute atomic E-state index is 0.173. The van der Waals surface area contributed by atoms with Crippen molar-refractivity contribution < 1.29 is 28.5 Å². The summed E-state index contributed by atoms with van der Waals surface area (Å²) in [4.78, 5) is 27.3. The number of rotatable bonds is 7. The Morgan fingerprint density at radius 2 is 1.73 bits per heavy atom. The van der Waals surface area contributed by atoms with Crippen LogP contribution in [-0.4, -0.2) is 55.0 Å². The summed E-state index contributed by atoms with van der Waals surface area (Å²) in [5.41, 5.74) is 1.24. The molecule has 1 heterocycles. The highest BCUT2D eigenvalue weighted by molar-refractivity contribution is 5.71. The Hall–Kier alpha value is -3.42. The van der Waals surface area contributed by atoms with E-state index in [1.165, 1.54) is 0 Å². The van der Waals surface area contributed by atoms with Crippen LogP contribution in [0.2, 0.25) is 0 Å². The van der Waals surface area contributed by atoms with E-state index in [0.29, 0.717) is 24.6 Å². The molecule has 0 radical (unpaired) electrons. The van der Waals surface area contributed by atoms with Crippen LogP contribution in [0.5, 0.6) is 11.5 Å². The number of amides is 2. The third-order valence-electron chi connectivity index (χ3n) is 6.70. The molecule has 200 valence electrons. The number of carbonyl (C=O) groups is 2. The van der Waals surface area contributed by atoms with Crippen molar-refractivity contribution in [2.75, 3.05) is 20.2 Å². The Balaban J connectivity index is 1.52. The van der Waals surface area contributed by atoms with E-state index >= 15 is 0 Å². The molecule has 0 bridgehead atoms. The molecule has 0 unspecified atom stereocenters. The quantitative estimate of drug-likeness (QED) is 0.518. The molecule has 0 aromatic heterocycles. The molecule has 2 atom stereocenters. The van der Waals surface area contributed by atoms with Crippen molar-refractivity contribution >= 4 is 12.2 Å². The van der Waals surface area contributed by atoms with Crippen LogP contribution in [0.3, 0.4) is 0 Å². The van der Waals surface area contributed by atoms with Gasteiger partial charge in [0.25, 0.3) is 0 Å². The second-order valence-electron chi connectivity index (χ2n) is 10.7. The first-order valence-electron chi connectivity index (χ1n) is 13.0. The molecule has 2 fully saturated rings. The number of benzene rings is 2.